The smallest absolute Gasteiger partial charge is 0.416 e. The summed E-state index contributed by atoms with van der Waals surface area (Å²) in [5, 5.41) is 24.6. The van der Waals surface area contributed by atoms with Crippen LogP contribution >= 0.6 is 23.2 Å². The number of halogens is 8. The maximum atomic E-state index is 14.1. The predicted octanol–water partition coefficient (Wildman–Crippen LogP) is 7.29. The number of nitro groups is 2. The van der Waals surface area contributed by atoms with Crippen LogP contribution in [0, 0.1) is 20.2 Å². The molecule has 9 nitrogen and oxygen atoms in total. The highest BCUT2D eigenvalue weighted by atomic mass is 35.5. The third-order valence-electron chi connectivity index (χ3n) is 7.95. The molecule has 47 heavy (non-hydrogen) atoms. The summed E-state index contributed by atoms with van der Waals surface area (Å²) in [7, 11) is 5.43. The van der Waals surface area contributed by atoms with Crippen LogP contribution in [0.15, 0.2) is 94.4 Å². The Kier molecular flexibility index (Phi) is 9.63. The second-order valence-corrected chi connectivity index (χ2v) is 12.0. The van der Waals surface area contributed by atoms with E-state index < -0.39 is 77.7 Å². The van der Waals surface area contributed by atoms with Crippen molar-refractivity contribution < 1.29 is 40.9 Å². The highest BCUT2D eigenvalue weighted by Gasteiger charge is 2.60. The average molecular weight is 707 g/mol. The van der Waals surface area contributed by atoms with Gasteiger partial charge in [-0.3, -0.25) is 30.0 Å². The molecule has 0 amide bonds. The summed E-state index contributed by atoms with van der Waals surface area (Å²) in [5.41, 5.74) is -9.01. The fourth-order valence-electron chi connectivity index (χ4n) is 6.08. The van der Waals surface area contributed by atoms with Gasteiger partial charge in [0.1, 0.15) is 23.6 Å². The van der Waals surface area contributed by atoms with Crippen molar-refractivity contribution in [2.45, 2.75) is 35.5 Å². The minimum absolute atomic E-state index is 0.299. The van der Waals surface area contributed by atoms with Crippen LogP contribution in [0.1, 0.15) is 22.3 Å². The molecule has 2 aliphatic carbocycles. The zero-order chi connectivity index (χ0) is 35.3. The molecule has 0 radical (unpaired) electrons. The number of nitrogens with zero attached hydrogens (tertiary/aromatic N) is 4. The van der Waals surface area contributed by atoms with E-state index in [-0.39, 0.29) is 11.5 Å². The summed E-state index contributed by atoms with van der Waals surface area (Å²) in [5.74, 6) is -0.598. The van der Waals surface area contributed by atoms with Crippen molar-refractivity contribution in [3.8, 4) is 0 Å². The van der Waals surface area contributed by atoms with E-state index in [9.17, 15) is 46.6 Å². The van der Waals surface area contributed by atoms with Crippen LogP contribution in [0.3, 0.4) is 0 Å². The number of ether oxygens (including phenoxy) is 1. The number of benzene rings is 2. The molecule has 0 fully saturated rings. The van der Waals surface area contributed by atoms with Gasteiger partial charge in [0.05, 0.1) is 21.2 Å². The van der Waals surface area contributed by atoms with E-state index in [4.69, 9.17) is 27.9 Å². The van der Waals surface area contributed by atoms with E-state index in [2.05, 4.69) is 0 Å². The van der Waals surface area contributed by atoms with Crippen LogP contribution in [-0.4, -0.2) is 59.9 Å². The van der Waals surface area contributed by atoms with Gasteiger partial charge in [-0.15, -0.1) is 0 Å². The van der Waals surface area contributed by atoms with Gasteiger partial charge in [-0.1, -0.05) is 59.6 Å². The summed E-state index contributed by atoms with van der Waals surface area (Å²) in [6.45, 7) is 0. The Morgan fingerprint density at radius 3 is 1.28 bits per heavy atom. The van der Waals surface area contributed by atoms with Gasteiger partial charge in [0.2, 0.25) is 0 Å². The van der Waals surface area contributed by atoms with Crippen LogP contribution < -0.4 is 0 Å². The normalized spacial score (nSPS) is 25.1. The molecule has 0 bridgehead atoms. The lowest BCUT2D eigenvalue weighted by atomic mass is 9.76. The summed E-state index contributed by atoms with van der Waals surface area (Å²) >= 11 is 13.3. The van der Waals surface area contributed by atoms with Crippen molar-refractivity contribution in [3.05, 3.63) is 137 Å². The first-order valence-electron chi connectivity index (χ1n) is 13.5. The number of likely N-dealkylation sites (N-methyl/N-ethyl adjacent to an activating group) is 2. The molecule has 2 aromatic rings. The standard InChI is InChI=1S/C30H26Cl2F6N4O5/c1-39(2)25-23(31)21(13-15-27(25,41(43)44)17-9-5-7-11-19(17)29(33,34)35)47-22-14-16-28(42(45)46,26(24(22)32)40(3)4)18-10-6-8-12-20(18)30(36,37)38/h5-16,25-26H,1-4H3. The van der Waals surface area contributed by atoms with E-state index >= 15 is 0 Å². The van der Waals surface area contributed by atoms with Crippen molar-refractivity contribution in [3.63, 3.8) is 0 Å². The van der Waals surface area contributed by atoms with Gasteiger partial charge >= 0.3 is 12.4 Å². The van der Waals surface area contributed by atoms with Crippen molar-refractivity contribution in [2.75, 3.05) is 28.2 Å². The zero-order valence-corrected chi connectivity index (χ0v) is 26.4. The molecule has 0 aromatic heterocycles. The fraction of sp³-hybridized carbons (Fsp3) is 0.333. The molecule has 0 saturated carbocycles. The van der Waals surface area contributed by atoms with E-state index in [1.165, 1.54) is 50.1 Å². The number of hydrogen-bond donors (Lipinski definition) is 0. The zero-order valence-electron chi connectivity index (χ0n) is 24.9. The third-order valence-corrected chi connectivity index (χ3v) is 8.73. The monoisotopic (exact) mass is 706 g/mol. The summed E-state index contributed by atoms with van der Waals surface area (Å²) in [6, 6.07) is 4.84. The predicted molar refractivity (Wildman–Crippen MR) is 160 cm³/mol. The lowest BCUT2D eigenvalue weighted by Crippen LogP contribution is -2.54. The summed E-state index contributed by atoms with van der Waals surface area (Å²) in [6.07, 6.45) is -6.15. The highest BCUT2D eigenvalue weighted by Crippen LogP contribution is 2.49. The van der Waals surface area contributed by atoms with E-state index in [1.807, 2.05) is 0 Å². The summed E-state index contributed by atoms with van der Waals surface area (Å²) < 4.78 is 90.2. The Balaban J connectivity index is 1.88. The van der Waals surface area contributed by atoms with E-state index in [0.717, 1.165) is 48.6 Å². The first-order valence-corrected chi connectivity index (χ1v) is 14.3. The second kappa shape index (κ2) is 12.6. The van der Waals surface area contributed by atoms with Gasteiger partial charge in [-0.25, -0.2) is 0 Å². The molecule has 252 valence electrons. The molecule has 0 saturated heterocycles. The molecule has 0 N–H and O–H groups in total. The van der Waals surface area contributed by atoms with E-state index in [0.29, 0.717) is 12.1 Å². The number of allylic oxidation sites excluding steroid dienone is 2. The SMILES string of the molecule is CN(C)C1C(Cl)=C(OC2=C(Cl)C(N(C)C)C(c3ccccc3C(F)(F)F)([N+](=O)[O-])C=C2)C=CC1(c1ccccc1C(F)(F)F)[N+](=O)[O-]. The number of hydrogen-bond acceptors (Lipinski definition) is 7. The quantitative estimate of drug-likeness (QED) is 0.161. The molecule has 2 aromatic carbocycles. The lowest BCUT2D eigenvalue weighted by Gasteiger charge is -2.40. The van der Waals surface area contributed by atoms with Gasteiger partial charge < -0.3 is 4.74 Å². The molecular formula is C30H26Cl2F6N4O5. The molecule has 0 heterocycles. The Morgan fingerprint density at radius 2 is 1.00 bits per heavy atom. The Morgan fingerprint density at radius 1 is 0.681 bits per heavy atom. The number of alkyl halides is 6. The second-order valence-electron chi connectivity index (χ2n) is 11.2. The minimum Gasteiger partial charge on any atom is -0.455 e. The Bertz CT molecular complexity index is 1600. The first kappa shape index (κ1) is 35.9. The van der Waals surface area contributed by atoms with Crippen LogP contribution in [0.2, 0.25) is 0 Å². The molecular weight excluding hydrogens is 681 g/mol. The lowest BCUT2D eigenvalue weighted by molar-refractivity contribution is -0.571. The van der Waals surface area contributed by atoms with Gasteiger partial charge in [-0.05, 0) is 52.5 Å². The van der Waals surface area contributed by atoms with Crippen molar-refractivity contribution in [1.82, 2.24) is 9.80 Å². The molecule has 2 aliphatic rings. The van der Waals surface area contributed by atoms with Gasteiger partial charge in [0, 0.05) is 33.1 Å². The third kappa shape index (κ3) is 6.01. The maximum Gasteiger partial charge on any atom is 0.416 e. The topological polar surface area (TPSA) is 102 Å². The van der Waals surface area contributed by atoms with Gasteiger partial charge in [0.15, 0.2) is 0 Å². The average Bonchev–Trinajstić information content (AvgIpc) is 2.97. The Hall–Kier alpha value is -3.92. The Labute approximate surface area is 274 Å². The minimum atomic E-state index is -4.96. The molecule has 17 heteroatoms. The molecule has 4 rings (SSSR count). The first-order chi connectivity index (χ1) is 21.7. The molecule has 4 unspecified atom stereocenters. The largest absolute Gasteiger partial charge is 0.455 e. The number of rotatable bonds is 8. The van der Waals surface area contributed by atoms with Crippen LogP contribution in [0.4, 0.5) is 26.3 Å². The maximum absolute atomic E-state index is 14.1. The fourth-order valence-corrected chi connectivity index (χ4v) is 7.01. The highest BCUT2D eigenvalue weighted by molar-refractivity contribution is 6.31. The van der Waals surface area contributed by atoms with Crippen molar-refractivity contribution in [2.24, 2.45) is 0 Å². The van der Waals surface area contributed by atoms with Crippen LogP contribution in [-0.2, 0) is 28.2 Å². The van der Waals surface area contributed by atoms with Gasteiger partial charge in [-0.2, -0.15) is 26.3 Å². The van der Waals surface area contributed by atoms with Crippen molar-refractivity contribution in [1.29, 1.82) is 0 Å². The van der Waals surface area contributed by atoms with Gasteiger partial charge in [0.25, 0.3) is 11.1 Å². The van der Waals surface area contributed by atoms with Crippen LogP contribution in [0.5, 0.6) is 0 Å². The van der Waals surface area contributed by atoms with Crippen molar-refractivity contribution >= 4 is 23.2 Å². The molecule has 4 atom stereocenters. The molecule has 0 aliphatic heterocycles. The van der Waals surface area contributed by atoms with Crippen LogP contribution in [0.25, 0.3) is 0 Å². The molecule has 0 spiro atoms. The van der Waals surface area contributed by atoms with E-state index in [1.54, 1.807) is 0 Å². The summed E-state index contributed by atoms with van der Waals surface area (Å²) in [4.78, 5) is 26.1.